The molecule has 0 radical (unpaired) electrons. The maximum atomic E-state index is 9.75. The zero-order valence-electron chi connectivity index (χ0n) is 12.3. The van der Waals surface area contributed by atoms with Gasteiger partial charge in [0, 0.05) is 16.5 Å². The molecule has 2 rings (SSSR count). The number of rotatable bonds is 4. The first-order valence-corrected chi connectivity index (χ1v) is 8.27. The standard InChI is InChI=1S/C15H17OS.BF4/c1-16-14-8-10-15(11-9-14)17(2)12-13-6-4-3-5-7-13;2-1(3,4)5/h3-11H,12H2,1-2H3;/q+1;-1. The van der Waals surface area contributed by atoms with Gasteiger partial charge in [0.2, 0.25) is 0 Å². The van der Waals surface area contributed by atoms with Gasteiger partial charge in [-0.05, 0) is 24.3 Å². The molecule has 0 aromatic heterocycles. The highest BCUT2D eigenvalue weighted by Crippen LogP contribution is 2.19. The number of hydrogen-bond acceptors (Lipinski definition) is 1. The SMILES string of the molecule is COc1ccc([S+](C)Cc2ccccc2)cc1.F[B-](F)(F)F. The molecule has 0 heterocycles. The maximum absolute atomic E-state index is 9.75. The lowest BCUT2D eigenvalue weighted by Gasteiger charge is -2.04. The Labute approximate surface area is 130 Å². The van der Waals surface area contributed by atoms with Crippen LogP contribution >= 0.6 is 0 Å². The topological polar surface area (TPSA) is 9.23 Å². The fraction of sp³-hybridized carbons (Fsp3) is 0.200. The maximum Gasteiger partial charge on any atom is 0.673 e. The van der Waals surface area contributed by atoms with Crippen molar-refractivity contribution in [3.05, 3.63) is 60.2 Å². The molecule has 0 bridgehead atoms. The van der Waals surface area contributed by atoms with Gasteiger partial charge in [-0.2, -0.15) is 0 Å². The highest BCUT2D eigenvalue weighted by atomic mass is 32.2. The number of methoxy groups -OCH3 is 1. The summed E-state index contributed by atoms with van der Waals surface area (Å²) in [7, 11) is -4.05. The van der Waals surface area contributed by atoms with Crippen LogP contribution in [0.5, 0.6) is 5.75 Å². The third-order valence-electron chi connectivity index (χ3n) is 2.69. The van der Waals surface area contributed by atoms with Crippen LogP contribution in [-0.4, -0.2) is 20.6 Å². The predicted molar refractivity (Wildman–Crippen MR) is 84.9 cm³/mol. The van der Waals surface area contributed by atoms with E-state index in [1.54, 1.807) is 7.11 Å². The molecule has 0 amide bonds. The lowest BCUT2D eigenvalue weighted by atomic mass is 10.2. The summed E-state index contributed by atoms with van der Waals surface area (Å²) in [5, 5.41) is 0. The molecule has 0 fully saturated rings. The van der Waals surface area contributed by atoms with Crippen molar-refractivity contribution in [1.29, 1.82) is 0 Å². The van der Waals surface area contributed by atoms with Crippen molar-refractivity contribution in [3.8, 4) is 5.75 Å². The molecule has 2 aromatic carbocycles. The van der Waals surface area contributed by atoms with Crippen molar-refractivity contribution in [3.63, 3.8) is 0 Å². The van der Waals surface area contributed by atoms with Crippen LogP contribution in [0.3, 0.4) is 0 Å². The van der Waals surface area contributed by atoms with Crippen LogP contribution < -0.4 is 4.74 Å². The van der Waals surface area contributed by atoms with Gasteiger partial charge in [0.15, 0.2) is 4.90 Å². The van der Waals surface area contributed by atoms with Crippen LogP contribution in [0.25, 0.3) is 0 Å². The molecule has 0 aliphatic carbocycles. The van der Waals surface area contributed by atoms with Crippen molar-refractivity contribution in [2.75, 3.05) is 13.4 Å². The van der Waals surface area contributed by atoms with Crippen LogP contribution in [0, 0.1) is 0 Å². The van der Waals surface area contributed by atoms with E-state index in [-0.39, 0.29) is 10.9 Å². The fourth-order valence-corrected chi connectivity index (χ4v) is 3.18. The Bertz CT molecular complexity index is 540. The van der Waals surface area contributed by atoms with Gasteiger partial charge < -0.3 is 22.0 Å². The van der Waals surface area contributed by atoms with Gasteiger partial charge in [-0.3, -0.25) is 0 Å². The second-order valence-corrected chi connectivity index (χ2v) is 6.47. The summed E-state index contributed by atoms with van der Waals surface area (Å²) < 4.78 is 44.2. The minimum Gasteiger partial charge on any atom is -0.497 e. The molecule has 0 saturated carbocycles. The van der Waals surface area contributed by atoms with Gasteiger partial charge in [-0.15, -0.1) is 0 Å². The first-order chi connectivity index (χ1) is 10.3. The van der Waals surface area contributed by atoms with Gasteiger partial charge >= 0.3 is 7.25 Å². The lowest BCUT2D eigenvalue weighted by molar-refractivity contribution is 0.368. The van der Waals surface area contributed by atoms with E-state index in [1.807, 2.05) is 12.1 Å². The fourth-order valence-electron chi connectivity index (χ4n) is 1.72. The summed E-state index contributed by atoms with van der Waals surface area (Å²) in [6.07, 6.45) is 2.29. The molecular weight excluding hydrogens is 315 g/mol. The Morgan fingerprint density at radius 3 is 1.86 bits per heavy atom. The van der Waals surface area contributed by atoms with Crippen molar-refractivity contribution >= 4 is 18.1 Å². The average molecular weight is 332 g/mol. The van der Waals surface area contributed by atoms with Crippen molar-refractivity contribution in [2.24, 2.45) is 0 Å². The van der Waals surface area contributed by atoms with Gasteiger partial charge in [0.25, 0.3) is 0 Å². The second-order valence-electron chi connectivity index (χ2n) is 4.44. The molecule has 22 heavy (non-hydrogen) atoms. The third-order valence-corrected chi connectivity index (χ3v) is 4.53. The minimum absolute atomic E-state index is 0.250. The van der Waals surface area contributed by atoms with E-state index in [4.69, 9.17) is 4.74 Å². The largest absolute Gasteiger partial charge is 0.673 e. The molecule has 1 nitrogen and oxygen atoms in total. The summed E-state index contributed by atoms with van der Waals surface area (Å²) in [6, 6.07) is 19.0. The molecule has 0 aliphatic rings. The molecule has 0 saturated heterocycles. The first-order valence-electron chi connectivity index (χ1n) is 6.47. The monoisotopic (exact) mass is 332 g/mol. The third kappa shape index (κ3) is 7.97. The van der Waals surface area contributed by atoms with Crippen molar-refractivity contribution in [2.45, 2.75) is 10.6 Å². The van der Waals surface area contributed by atoms with E-state index in [2.05, 4.69) is 48.7 Å². The lowest BCUT2D eigenvalue weighted by Crippen LogP contribution is -2.03. The van der Waals surface area contributed by atoms with Crippen LogP contribution in [-0.2, 0) is 16.6 Å². The van der Waals surface area contributed by atoms with E-state index in [9.17, 15) is 17.3 Å². The molecule has 120 valence electrons. The van der Waals surface area contributed by atoms with Crippen LogP contribution in [0.15, 0.2) is 59.5 Å². The van der Waals surface area contributed by atoms with E-state index in [0.29, 0.717) is 0 Å². The molecule has 0 N–H and O–H groups in total. The van der Waals surface area contributed by atoms with E-state index >= 15 is 0 Å². The Balaban J connectivity index is 0.000000422. The zero-order valence-corrected chi connectivity index (χ0v) is 13.1. The summed E-state index contributed by atoms with van der Waals surface area (Å²) in [6.45, 7) is 0. The second kappa shape index (κ2) is 8.73. The summed E-state index contributed by atoms with van der Waals surface area (Å²) in [5.74, 6) is 2.03. The summed E-state index contributed by atoms with van der Waals surface area (Å²) in [5.41, 5.74) is 1.40. The smallest absolute Gasteiger partial charge is 0.497 e. The number of benzene rings is 2. The van der Waals surface area contributed by atoms with Gasteiger partial charge in [-0.1, -0.05) is 30.3 Å². The van der Waals surface area contributed by atoms with Crippen LogP contribution in [0.1, 0.15) is 5.56 Å². The van der Waals surface area contributed by atoms with Gasteiger partial charge in [0.05, 0.1) is 7.11 Å². The number of halogens is 4. The highest BCUT2D eigenvalue weighted by Gasteiger charge is 2.20. The summed E-state index contributed by atoms with van der Waals surface area (Å²) >= 11 is 0. The predicted octanol–water partition coefficient (Wildman–Crippen LogP) is 4.80. The highest BCUT2D eigenvalue weighted by molar-refractivity contribution is 7.95. The van der Waals surface area contributed by atoms with Crippen molar-refractivity contribution < 1.29 is 22.0 Å². The zero-order chi connectivity index (χ0) is 16.6. The average Bonchev–Trinajstić information content (AvgIpc) is 2.46. The first kappa shape index (κ1) is 18.4. The Morgan fingerprint density at radius 2 is 1.41 bits per heavy atom. The number of ether oxygens (including phenoxy) is 1. The molecule has 0 aliphatic heterocycles. The van der Waals surface area contributed by atoms with E-state index in [0.717, 1.165) is 11.5 Å². The Hall–Kier alpha value is -1.63. The molecule has 1 atom stereocenters. The Morgan fingerprint density at radius 1 is 0.909 bits per heavy atom. The quantitative estimate of drug-likeness (QED) is 0.444. The summed E-state index contributed by atoms with van der Waals surface area (Å²) in [4.78, 5) is 1.38. The molecule has 2 aromatic rings. The van der Waals surface area contributed by atoms with Gasteiger partial charge in [0.1, 0.15) is 17.8 Å². The molecule has 0 spiro atoms. The van der Waals surface area contributed by atoms with Gasteiger partial charge in [-0.25, -0.2) is 0 Å². The molecular formula is C15H17BF4OS. The van der Waals surface area contributed by atoms with Crippen LogP contribution in [0.4, 0.5) is 17.3 Å². The molecule has 7 heteroatoms. The normalized spacial score (nSPS) is 12.1. The van der Waals surface area contributed by atoms with Crippen molar-refractivity contribution in [1.82, 2.24) is 0 Å². The molecule has 1 unspecified atom stereocenters. The number of hydrogen-bond donors (Lipinski definition) is 0. The van der Waals surface area contributed by atoms with E-state index < -0.39 is 7.25 Å². The minimum atomic E-state index is -6.00. The van der Waals surface area contributed by atoms with E-state index in [1.165, 1.54) is 10.5 Å². The van der Waals surface area contributed by atoms with Crippen LogP contribution in [0.2, 0.25) is 0 Å². The Kier molecular flexibility index (Phi) is 7.31.